The van der Waals surface area contributed by atoms with Gasteiger partial charge in [-0.1, -0.05) is 11.6 Å². The summed E-state index contributed by atoms with van der Waals surface area (Å²) in [6.45, 7) is 0. The number of H-pyrrole nitrogens is 1. The number of ether oxygens (including phenoxy) is 2. The highest BCUT2D eigenvalue weighted by Crippen LogP contribution is 2.45. The number of hydrogen-bond donors (Lipinski definition) is 2. The fourth-order valence-electron chi connectivity index (χ4n) is 2.74. The standard InChI is InChI=1S/C15H18ClN3O2/c1-20-12-7-6-11(16)13(10-8-18-19-15(10)17)14(12)21-9-4-2-3-5-9/h6-9H,2-5H2,1H3,(H3,17,18,19). The van der Waals surface area contributed by atoms with E-state index in [0.717, 1.165) is 24.0 Å². The van der Waals surface area contributed by atoms with Crippen LogP contribution in [0.15, 0.2) is 18.3 Å². The predicted octanol–water partition coefficient (Wildman–Crippen LogP) is 3.64. The van der Waals surface area contributed by atoms with Crippen molar-refractivity contribution in [3.8, 4) is 22.6 Å². The van der Waals surface area contributed by atoms with E-state index in [1.807, 2.05) is 6.07 Å². The highest BCUT2D eigenvalue weighted by atomic mass is 35.5. The maximum atomic E-state index is 6.37. The average Bonchev–Trinajstić information content (AvgIpc) is 3.12. The molecule has 1 aromatic carbocycles. The molecular formula is C15H18ClN3O2. The van der Waals surface area contributed by atoms with Gasteiger partial charge in [-0.2, -0.15) is 5.10 Å². The molecule has 1 fully saturated rings. The van der Waals surface area contributed by atoms with Crippen LogP contribution in [-0.2, 0) is 0 Å². The van der Waals surface area contributed by atoms with Gasteiger partial charge in [0, 0.05) is 5.56 Å². The van der Waals surface area contributed by atoms with Crippen LogP contribution in [0.3, 0.4) is 0 Å². The van der Waals surface area contributed by atoms with Gasteiger partial charge in [0.15, 0.2) is 11.5 Å². The van der Waals surface area contributed by atoms with E-state index in [-0.39, 0.29) is 6.10 Å². The fraction of sp³-hybridized carbons (Fsp3) is 0.400. The lowest BCUT2D eigenvalue weighted by Crippen LogP contribution is -2.12. The van der Waals surface area contributed by atoms with Crippen LogP contribution in [0.4, 0.5) is 5.82 Å². The van der Waals surface area contributed by atoms with E-state index >= 15 is 0 Å². The van der Waals surface area contributed by atoms with E-state index in [1.54, 1.807) is 19.4 Å². The summed E-state index contributed by atoms with van der Waals surface area (Å²) >= 11 is 6.37. The summed E-state index contributed by atoms with van der Waals surface area (Å²) < 4.78 is 11.6. The number of nitrogens with two attached hydrogens (primary N) is 1. The molecule has 0 atom stereocenters. The summed E-state index contributed by atoms with van der Waals surface area (Å²) in [7, 11) is 1.62. The zero-order valence-electron chi connectivity index (χ0n) is 11.9. The molecule has 0 radical (unpaired) electrons. The zero-order chi connectivity index (χ0) is 14.8. The quantitative estimate of drug-likeness (QED) is 0.904. The van der Waals surface area contributed by atoms with E-state index < -0.39 is 0 Å². The number of rotatable bonds is 4. The molecule has 1 saturated carbocycles. The Morgan fingerprint density at radius 2 is 2.10 bits per heavy atom. The Kier molecular flexibility index (Phi) is 3.92. The summed E-state index contributed by atoms with van der Waals surface area (Å²) in [5, 5.41) is 7.25. The highest BCUT2D eigenvalue weighted by molar-refractivity contribution is 6.34. The third-order valence-electron chi connectivity index (χ3n) is 3.82. The second-order valence-electron chi connectivity index (χ2n) is 5.18. The maximum absolute atomic E-state index is 6.37. The van der Waals surface area contributed by atoms with E-state index in [0.29, 0.717) is 22.3 Å². The zero-order valence-corrected chi connectivity index (χ0v) is 12.6. The van der Waals surface area contributed by atoms with Crippen molar-refractivity contribution in [2.24, 2.45) is 0 Å². The normalized spacial score (nSPS) is 15.3. The van der Waals surface area contributed by atoms with E-state index in [2.05, 4.69) is 10.2 Å². The molecule has 6 heteroatoms. The van der Waals surface area contributed by atoms with Gasteiger partial charge in [-0.05, 0) is 37.8 Å². The van der Waals surface area contributed by atoms with E-state index in [9.17, 15) is 0 Å². The Morgan fingerprint density at radius 1 is 1.33 bits per heavy atom. The van der Waals surface area contributed by atoms with E-state index in [4.69, 9.17) is 26.8 Å². The number of aromatic amines is 1. The van der Waals surface area contributed by atoms with Gasteiger partial charge >= 0.3 is 0 Å². The van der Waals surface area contributed by atoms with Crippen LogP contribution in [0, 0.1) is 0 Å². The minimum Gasteiger partial charge on any atom is -0.493 e. The molecule has 2 aromatic rings. The van der Waals surface area contributed by atoms with Gasteiger partial charge in [0.1, 0.15) is 5.82 Å². The van der Waals surface area contributed by atoms with Gasteiger partial charge in [0.2, 0.25) is 0 Å². The van der Waals surface area contributed by atoms with Crippen molar-refractivity contribution in [3.63, 3.8) is 0 Å². The first-order valence-electron chi connectivity index (χ1n) is 7.03. The van der Waals surface area contributed by atoms with Crippen LogP contribution in [0.1, 0.15) is 25.7 Å². The molecule has 0 unspecified atom stereocenters. The van der Waals surface area contributed by atoms with Crippen molar-refractivity contribution >= 4 is 17.4 Å². The number of nitrogens with one attached hydrogen (secondary N) is 1. The van der Waals surface area contributed by atoms with Gasteiger partial charge in [0.25, 0.3) is 0 Å². The Morgan fingerprint density at radius 3 is 2.71 bits per heavy atom. The molecule has 5 nitrogen and oxygen atoms in total. The van der Waals surface area contributed by atoms with Crippen molar-refractivity contribution in [1.82, 2.24) is 10.2 Å². The first kappa shape index (κ1) is 14.1. The number of hydrogen-bond acceptors (Lipinski definition) is 4. The Balaban J connectivity index is 2.09. The van der Waals surface area contributed by atoms with Crippen LogP contribution in [0.5, 0.6) is 11.5 Å². The topological polar surface area (TPSA) is 73.2 Å². The average molecular weight is 308 g/mol. The number of nitrogen functional groups attached to an aromatic ring is 1. The second-order valence-corrected chi connectivity index (χ2v) is 5.58. The smallest absolute Gasteiger partial charge is 0.171 e. The molecule has 1 aliphatic rings. The van der Waals surface area contributed by atoms with Gasteiger partial charge in [0.05, 0.1) is 30.0 Å². The molecule has 1 aromatic heterocycles. The summed E-state index contributed by atoms with van der Waals surface area (Å²) in [4.78, 5) is 0. The van der Waals surface area contributed by atoms with E-state index in [1.165, 1.54) is 12.8 Å². The Hall–Kier alpha value is -1.88. The molecule has 0 aliphatic heterocycles. The first-order chi connectivity index (χ1) is 10.2. The second kappa shape index (κ2) is 5.85. The van der Waals surface area contributed by atoms with Crippen LogP contribution >= 0.6 is 11.6 Å². The van der Waals surface area contributed by atoms with Crippen molar-refractivity contribution in [1.29, 1.82) is 0 Å². The van der Waals surface area contributed by atoms with Gasteiger partial charge in [-0.25, -0.2) is 0 Å². The number of benzene rings is 1. The van der Waals surface area contributed by atoms with Crippen LogP contribution in [0.2, 0.25) is 5.02 Å². The Bertz CT molecular complexity index is 636. The molecule has 3 N–H and O–H groups in total. The lowest BCUT2D eigenvalue weighted by Gasteiger charge is -2.20. The number of nitrogens with zero attached hydrogens (tertiary/aromatic N) is 1. The summed E-state index contributed by atoms with van der Waals surface area (Å²) in [6.07, 6.45) is 6.33. The summed E-state index contributed by atoms with van der Waals surface area (Å²) in [5.74, 6) is 1.76. The lowest BCUT2D eigenvalue weighted by atomic mass is 10.1. The molecule has 3 rings (SSSR count). The molecule has 0 spiro atoms. The van der Waals surface area contributed by atoms with Gasteiger partial charge in [-0.15, -0.1) is 0 Å². The number of halogens is 1. The van der Waals surface area contributed by atoms with Crippen molar-refractivity contribution in [2.75, 3.05) is 12.8 Å². The van der Waals surface area contributed by atoms with Crippen molar-refractivity contribution in [2.45, 2.75) is 31.8 Å². The molecule has 0 bridgehead atoms. The number of anilines is 1. The van der Waals surface area contributed by atoms with Crippen molar-refractivity contribution in [3.05, 3.63) is 23.4 Å². The van der Waals surface area contributed by atoms with Gasteiger partial charge in [-0.3, -0.25) is 5.10 Å². The molecule has 21 heavy (non-hydrogen) atoms. The molecule has 112 valence electrons. The fourth-order valence-corrected chi connectivity index (χ4v) is 2.99. The molecular weight excluding hydrogens is 290 g/mol. The first-order valence-corrected chi connectivity index (χ1v) is 7.41. The highest BCUT2D eigenvalue weighted by Gasteiger charge is 2.24. The number of methoxy groups -OCH3 is 1. The number of aromatic nitrogens is 2. The molecule has 1 aliphatic carbocycles. The van der Waals surface area contributed by atoms with Crippen LogP contribution in [0.25, 0.3) is 11.1 Å². The lowest BCUT2D eigenvalue weighted by molar-refractivity contribution is 0.202. The SMILES string of the molecule is COc1ccc(Cl)c(-c2cn[nH]c2N)c1OC1CCCC1. The molecule has 0 saturated heterocycles. The minimum absolute atomic E-state index is 0.198. The maximum Gasteiger partial charge on any atom is 0.171 e. The summed E-state index contributed by atoms with van der Waals surface area (Å²) in [5.41, 5.74) is 7.40. The minimum atomic E-state index is 0.198. The predicted molar refractivity (Wildman–Crippen MR) is 82.9 cm³/mol. The summed E-state index contributed by atoms with van der Waals surface area (Å²) in [6, 6.07) is 3.59. The molecule has 0 amide bonds. The largest absolute Gasteiger partial charge is 0.493 e. The third-order valence-corrected chi connectivity index (χ3v) is 4.13. The monoisotopic (exact) mass is 307 g/mol. The molecule has 1 heterocycles. The van der Waals surface area contributed by atoms with Gasteiger partial charge < -0.3 is 15.2 Å². The Labute approximate surface area is 128 Å². The van der Waals surface area contributed by atoms with Crippen LogP contribution < -0.4 is 15.2 Å². The third kappa shape index (κ3) is 2.65. The van der Waals surface area contributed by atoms with Crippen molar-refractivity contribution < 1.29 is 9.47 Å². The van der Waals surface area contributed by atoms with Crippen LogP contribution in [-0.4, -0.2) is 23.4 Å².